The first kappa shape index (κ1) is 24.9. The number of hydrogen-bond acceptors (Lipinski definition) is 4. The number of aryl methyl sites for hydroxylation is 1. The zero-order valence-electron chi connectivity index (χ0n) is 20.3. The van der Waals surface area contributed by atoms with E-state index in [9.17, 15) is 14.7 Å². The number of benzene rings is 2. The second-order valence-corrected chi connectivity index (χ2v) is 15.5. The van der Waals surface area contributed by atoms with Gasteiger partial charge < -0.3 is 14.1 Å². The number of rotatable bonds is 6. The quantitative estimate of drug-likeness (QED) is 0.424. The summed E-state index contributed by atoms with van der Waals surface area (Å²) in [5.41, 5.74) is 2.25. The molecule has 1 heterocycles. The van der Waals surface area contributed by atoms with Crippen molar-refractivity contribution in [3.05, 3.63) is 58.4 Å². The summed E-state index contributed by atoms with van der Waals surface area (Å²) >= 11 is 1.31. The first-order chi connectivity index (χ1) is 15.3. The lowest BCUT2D eigenvalue weighted by Gasteiger charge is -2.36. The summed E-state index contributed by atoms with van der Waals surface area (Å²) in [6.45, 7) is 14.7. The number of carbonyl (C=O) groups is 2. The van der Waals surface area contributed by atoms with Crippen molar-refractivity contribution in [3.63, 3.8) is 0 Å². The van der Waals surface area contributed by atoms with Crippen LogP contribution in [0.3, 0.4) is 0 Å². The minimum atomic E-state index is -2.04. The summed E-state index contributed by atoms with van der Waals surface area (Å²) < 4.78 is 8.93. The van der Waals surface area contributed by atoms with Gasteiger partial charge in [-0.1, -0.05) is 56.7 Å². The fraction of sp³-hybridized carbons (Fsp3) is 0.400. The lowest BCUT2D eigenvalue weighted by Crippen LogP contribution is -2.43. The number of thiazole rings is 1. The third kappa shape index (κ3) is 5.28. The number of nitrogens with zero attached hydrogens (tertiary/aromatic N) is 2. The number of aromatic nitrogens is 1. The first-order valence-electron chi connectivity index (χ1n) is 11.1. The average Bonchev–Trinajstić information content (AvgIpc) is 3.04. The molecule has 0 aliphatic carbocycles. The highest BCUT2D eigenvalue weighted by Gasteiger charge is 2.39. The van der Waals surface area contributed by atoms with Crippen LogP contribution in [0.5, 0.6) is 5.75 Å². The molecular formula is C25H32N2O4SSi. The predicted octanol–water partition coefficient (Wildman–Crippen LogP) is 6.17. The summed E-state index contributed by atoms with van der Waals surface area (Å²) in [5.74, 6) is -0.599. The van der Waals surface area contributed by atoms with Crippen LogP contribution in [0.4, 0.5) is 0 Å². The van der Waals surface area contributed by atoms with Crippen molar-refractivity contribution in [3.8, 4) is 5.75 Å². The number of carboxylic acids is 1. The predicted molar refractivity (Wildman–Crippen MR) is 136 cm³/mol. The summed E-state index contributed by atoms with van der Waals surface area (Å²) in [7, 11) is -2.04. The second-order valence-electron chi connectivity index (χ2n) is 9.79. The summed E-state index contributed by atoms with van der Waals surface area (Å²) in [4.78, 5) is 29.6. The highest BCUT2D eigenvalue weighted by atomic mass is 32.1. The Hall–Kier alpha value is -2.71. The van der Waals surface area contributed by atoms with Crippen molar-refractivity contribution in [2.45, 2.75) is 65.2 Å². The maximum atomic E-state index is 12.9. The van der Waals surface area contributed by atoms with Crippen LogP contribution in [-0.4, -0.2) is 29.9 Å². The Morgan fingerprint density at radius 3 is 2.33 bits per heavy atom. The number of fused-ring (bicyclic) bond motifs is 1. The number of aliphatic carboxylic acids is 1. The largest absolute Gasteiger partial charge is 0.543 e. The molecule has 0 saturated carbocycles. The molecule has 3 aromatic rings. The van der Waals surface area contributed by atoms with E-state index in [1.54, 1.807) is 16.7 Å². The number of hydrogen-bond donors (Lipinski definition) is 1. The van der Waals surface area contributed by atoms with E-state index in [0.717, 1.165) is 21.5 Å². The van der Waals surface area contributed by atoms with Gasteiger partial charge in [-0.25, -0.2) is 4.79 Å². The number of carbonyl (C=O) groups excluding carboxylic acids is 1. The molecule has 2 aromatic carbocycles. The van der Waals surface area contributed by atoms with Gasteiger partial charge in [0.2, 0.25) is 8.32 Å². The third-order valence-electron chi connectivity index (χ3n) is 6.26. The Bertz CT molecular complexity index is 1250. The lowest BCUT2D eigenvalue weighted by molar-refractivity contribution is -0.140. The van der Waals surface area contributed by atoms with Gasteiger partial charge in [0, 0.05) is 5.56 Å². The molecule has 0 aliphatic rings. The molecule has 0 bridgehead atoms. The molecule has 1 unspecified atom stereocenters. The number of carboxylic acid groups (broad SMARTS) is 1. The molecule has 1 N–H and O–H groups in total. The molecule has 176 valence electrons. The molecule has 1 amide bonds. The topological polar surface area (TPSA) is 80.9 Å². The van der Waals surface area contributed by atoms with Crippen molar-refractivity contribution >= 4 is 41.7 Å². The van der Waals surface area contributed by atoms with Gasteiger partial charge in [0.1, 0.15) is 11.8 Å². The van der Waals surface area contributed by atoms with E-state index in [0.29, 0.717) is 16.8 Å². The molecule has 8 heteroatoms. The van der Waals surface area contributed by atoms with Gasteiger partial charge >= 0.3 is 5.97 Å². The summed E-state index contributed by atoms with van der Waals surface area (Å²) in [6, 6.07) is 12.0. The van der Waals surface area contributed by atoms with Gasteiger partial charge in [0.25, 0.3) is 5.91 Å². The summed E-state index contributed by atoms with van der Waals surface area (Å²) in [5, 5.41) is 9.90. The maximum Gasteiger partial charge on any atom is 0.326 e. The van der Waals surface area contributed by atoms with Crippen molar-refractivity contribution in [1.82, 2.24) is 4.57 Å². The van der Waals surface area contributed by atoms with E-state index in [2.05, 4.69) is 38.9 Å². The molecule has 33 heavy (non-hydrogen) atoms. The second kappa shape index (κ2) is 9.27. The molecule has 0 spiro atoms. The Morgan fingerprint density at radius 2 is 1.79 bits per heavy atom. The van der Waals surface area contributed by atoms with Gasteiger partial charge in [0.15, 0.2) is 4.80 Å². The van der Waals surface area contributed by atoms with Crippen LogP contribution in [0.25, 0.3) is 10.2 Å². The van der Waals surface area contributed by atoms with Gasteiger partial charge in [-0.15, -0.1) is 0 Å². The normalized spacial score (nSPS) is 13.8. The minimum Gasteiger partial charge on any atom is -0.543 e. The fourth-order valence-electron chi connectivity index (χ4n) is 3.23. The van der Waals surface area contributed by atoms with Crippen LogP contribution in [0.1, 0.15) is 56.1 Å². The van der Waals surface area contributed by atoms with Crippen molar-refractivity contribution in [2.75, 3.05) is 0 Å². The van der Waals surface area contributed by atoms with Crippen LogP contribution in [0.2, 0.25) is 18.1 Å². The van der Waals surface area contributed by atoms with E-state index in [1.807, 2.05) is 44.2 Å². The molecule has 3 rings (SSSR count). The Labute approximate surface area is 199 Å². The van der Waals surface area contributed by atoms with E-state index < -0.39 is 26.2 Å². The Morgan fingerprint density at radius 1 is 1.15 bits per heavy atom. The van der Waals surface area contributed by atoms with Gasteiger partial charge in [-0.2, -0.15) is 4.99 Å². The molecule has 0 saturated heterocycles. The minimum absolute atomic E-state index is 0.0505. The van der Waals surface area contributed by atoms with Crippen LogP contribution < -0.4 is 9.23 Å². The Balaban J connectivity index is 2.16. The van der Waals surface area contributed by atoms with Crippen LogP contribution in [0, 0.1) is 6.92 Å². The van der Waals surface area contributed by atoms with Crippen LogP contribution in [0.15, 0.2) is 47.5 Å². The molecule has 1 aromatic heterocycles. The zero-order chi connectivity index (χ0) is 24.6. The average molecular weight is 485 g/mol. The molecule has 6 nitrogen and oxygen atoms in total. The van der Waals surface area contributed by atoms with Crippen molar-refractivity contribution in [1.29, 1.82) is 0 Å². The SMILES string of the molecule is CCC(C(=O)O)n1c(=NC(=O)c2ccc(C)cc2)sc2cc(O[Si](C)(C)C(C)(C)C)ccc21. The fourth-order valence-corrected chi connectivity index (χ4v) is 5.35. The standard InChI is InChI=1S/C25H32N2O4SSi/c1-8-19(23(29)30)27-20-14-13-18(31-33(6,7)25(3,4)5)15-21(20)32-24(27)26-22(28)17-11-9-16(2)10-12-17/h9-15,19H,8H2,1-7H3,(H,29,30). The van der Waals surface area contributed by atoms with Crippen LogP contribution in [-0.2, 0) is 4.79 Å². The molecule has 0 aliphatic heterocycles. The van der Waals surface area contributed by atoms with E-state index >= 15 is 0 Å². The lowest BCUT2D eigenvalue weighted by atomic mass is 10.1. The van der Waals surface area contributed by atoms with E-state index in [1.165, 1.54) is 11.3 Å². The monoisotopic (exact) mass is 484 g/mol. The highest BCUT2D eigenvalue weighted by molar-refractivity contribution is 7.16. The van der Waals surface area contributed by atoms with Gasteiger partial charge in [0.05, 0.1) is 10.2 Å². The first-order valence-corrected chi connectivity index (χ1v) is 14.8. The smallest absolute Gasteiger partial charge is 0.326 e. The van der Waals surface area contributed by atoms with Crippen LogP contribution >= 0.6 is 11.3 Å². The molecule has 1 atom stereocenters. The van der Waals surface area contributed by atoms with Gasteiger partial charge in [-0.05, 0) is 61.8 Å². The van der Waals surface area contributed by atoms with E-state index in [4.69, 9.17) is 4.43 Å². The summed E-state index contributed by atoms with van der Waals surface area (Å²) in [6.07, 6.45) is 0.370. The number of amides is 1. The highest BCUT2D eigenvalue weighted by Crippen LogP contribution is 2.38. The third-order valence-corrected chi connectivity index (χ3v) is 11.6. The maximum absolute atomic E-state index is 12.9. The van der Waals surface area contributed by atoms with Crippen molar-refractivity contribution in [2.24, 2.45) is 4.99 Å². The molecular weight excluding hydrogens is 452 g/mol. The van der Waals surface area contributed by atoms with E-state index in [-0.39, 0.29) is 5.04 Å². The Kier molecular flexibility index (Phi) is 7.00. The zero-order valence-corrected chi connectivity index (χ0v) is 22.1. The molecule has 0 fully saturated rings. The molecule has 0 radical (unpaired) electrons. The van der Waals surface area contributed by atoms with Crippen molar-refractivity contribution < 1.29 is 19.1 Å². The van der Waals surface area contributed by atoms with Gasteiger partial charge in [-0.3, -0.25) is 4.79 Å².